The fourth-order valence-corrected chi connectivity index (χ4v) is 2.53. The van der Waals surface area contributed by atoms with Crippen LogP contribution in [0, 0.1) is 17.8 Å². The molecule has 0 saturated heterocycles. The Morgan fingerprint density at radius 1 is 1.35 bits per heavy atom. The van der Waals surface area contributed by atoms with Crippen molar-refractivity contribution < 1.29 is 14.7 Å². The third-order valence-electron chi connectivity index (χ3n) is 3.66. The molecule has 17 heavy (non-hydrogen) atoms. The van der Waals surface area contributed by atoms with E-state index in [1.54, 1.807) is 6.92 Å². The summed E-state index contributed by atoms with van der Waals surface area (Å²) < 4.78 is 0. The van der Waals surface area contributed by atoms with Gasteiger partial charge in [0.25, 0.3) is 0 Å². The molecule has 0 aromatic rings. The lowest BCUT2D eigenvalue weighted by Crippen LogP contribution is -2.31. The Kier molecular flexibility index (Phi) is 5.45. The average molecular weight is 241 g/mol. The van der Waals surface area contributed by atoms with Crippen molar-refractivity contribution in [3.05, 3.63) is 0 Å². The van der Waals surface area contributed by atoms with E-state index in [9.17, 15) is 9.59 Å². The molecule has 1 aliphatic rings. The molecule has 1 amide bonds. The van der Waals surface area contributed by atoms with Crippen LogP contribution < -0.4 is 5.32 Å². The van der Waals surface area contributed by atoms with Gasteiger partial charge in [0, 0.05) is 19.4 Å². The number of rotatable bonds is 6. The molecule has 0 aliphatic heterocycles. The Balaban J connectivity index is 2.18. The maximum Gasteiger partial charge on any atom is 0.303 e. The van der Waals surface area contributed by atoms with E-state index in [0.29, 0.717) is 18.3 Å². The molecule has 0 bridgehead atoms. The molecular weight excluding hydrogens is 218 g/mol. The van der Waals surface area contributed by atoms with Crippen molar-refractivity contribution >= 4 is 11.9 Å². The van der Waals surface area contributed by atoms with Crippen LogP contribution in [0.5, 0.6) is 0 Å². The highest BCUT2D eigenvalue weighted by molar-refractivity contribution is 5.77. The van der Waals surface area contributed by atoms with Crippen LogP contribution in [-0.4, -0.2) is 23.5 Å². The van der Waals surface area contributed by atoms with Gasteiger partial charge in [0.05, 0.1) is 0 Å². The molecule has 1 rings (SSSR count). The third kappa shape index (κ3) is 5.20. The minimum Gasteiger partial charge on any atom is -0.481 e. The number of amides is 1. The molecular formula is C13H23NO3. The Morgan fingerprint density at radius 2 is 2.06 bits per heavy atom. The summed E-state index contributed by atoms with van der Waals surface area (Å²) in [7, 11) is 0. The van der Waals surface area contributed by atoms with Gasteiger partial charge in [-0.2, -0.15) is 0 Å². The molecule has 0 radical (unpaired) electrons. The summed E-state index contributed by atoms with van der Waals surface area (Å²) in [5.74, 6) is 0.363. The maximum atomic E-state index is 11.6. The number of carboxylic acids is 1. The summed E-state index contributed by atoms with van der Waals surface area (Å²) in [6.07, 6.45) is 4.10. The van der Waals surface area contributed by atoms with Gasteiger partial charge < -0.3 is 10.4 Å². The normalized spacial score (nSPS) is 25.5. The Labute approximate surface area is 103 Å². The minimum atomic E-state index is -0.838. The standard InChI is InChI=1S/C13H23NO3/c1-9(7-13(16)17)6-12(15)14-8-11-5-3-4-10(11)2/h9-11H,3-8H2,1-2H3,(H,14,15)(H,16,17). The van der Waals surface area contributed by atoms with Gasteiger partial charge in [0.1, 0.15) is 0 Å². The number of hydrogen-bond acceptors (Lipinski definition) is 2. The Hall–Kier alpha value is -1.06. The van der Waals surface area contributed by atoms with Crippen LogP contribution in [0.1, 0.15) is 46.0 Å². The molecule has 3 unspecified atom stereocenters. The minimum absolute atomic E-state index is 0.0159. The largest absolute Gasteiger partial charge is 0.481 e. The fraction of sp³-hybridized carbons (Fsp3) is 0.846. The SMILES string of the molecule is CC(CC(=O)O)CC(=O)NCC1CCCC1C. The molecule has 1 saturated carbocycles. The number of aliphatic carboxylic acids is 1. The predicted molar refractivity (Wildman–Crippen MR) is 65.5 cm³/mol. The smallest absolute Gasteiger partial charge is 0.303 e. The van der Waals surface area contributed by atoms with E-state index >= 15 is 0 Å². The summed E-state index contributed by atoms with van der Waals surface area (Å²) in [6, 6.07) is 0. The quantitative estimate of drug-likeness (QED) is 0.748. The highest BCUT2D eigenvalue weighted by Crippen LogP contribution is 2.30. The second-order valence-corrected chi connectivity index (χ2v) is 5.38. The van der Waals surface area contributed by atoms with Crippen LogP contribution in [0.25, 0.3) is 0 Å². The van der Waals surface area contributed by atoms with Crippen LogP contribution in [0.3, 0.4) is 0 Å². The van der Waals surface area contributed by atoms with E-state index in [1.807, 2.05) is 0 Å². The molecule has 1 fully saturated rings. The summed E-state index contributed by atoms with van der Waals surface area (Å²) in [5, 5.41) is 11.5. The molecule has 0 aromatic carbocycles. The molecule has 4 nitrogen and oxygen atoms in total. The van der Waals surface area contributed by atoms with Crippen LogP contribution in [0.2, 0.25) is 0 Å². The molecule has 4 heteroatoms. The number of nitrogens with one attached hydrogen (secondary N) is 1. The zero-order chi connectivity index (χ0) is 12.8. The number of hydrogen-bond donors (Lipinski definition) is 2. The summed E-state index contributed by atoms with van der Waals surface area (Å²) in [5.41, 5.74) is 0. The molecule has 0 aromatic heterocycles. The van der Waals surface area contributed by atoms with Crippen LogP contribution >= 0.6 is 0 Å². The van der Waals surface area contributed by atoms with E-state index in [4.69, 9.17) is 5.11 Å². The topological polar surface area (TPSA) is 66.4 Å². The van der Waals surface area contributed by atoms with Crippen LogP contribution in [0.15, 0.2) is 0 Å². The van der Waals surface area contributed by atoms with Gasteiger partial charge in [0.2, 0.25) is 5.91 Å². The first-order valence-corrected chi connectivity index (χ1v) is 6.47. The highest BCUT2D eigenvalue weighted by atomic mass is 16.4. The summed E-state index contributed by atoms with van der Waals surface area (Å²) in [6.45, 7) is 4.78. The first-order valence-electron chi connectivity index (χ1n) is 6.47. The first kappa shape index (κ1) is 14.0. The van der Waals surface area contributed by atoms with E-state index in [0.717, 1.165) is 6.54 Å². The van der Waals surface area contributed by atoms with E-state index in [2.05, 4.69) is 12.2 Å². The number of carboxylic acid groups (broad SMARTS) is 1. The zero-order valence-electron chi connectivity index (χ0n) is 10.7. The fourth-order valence-electron chi connectivity index (χ4n) is 2.53. The maximum absolute atomic E-state index is 11.6. The molecule has 0 heterocycles. The monoisotopic (exact) mass is 241 g/mol. The van der Waals surface area contributed by atoms with Gasteiger partial charge in [-0.15, -0.1) is 0 Å². The van der Waals surface area contributed by atoms with Gasteiger partial charge in [-0.1, -0.05) is 26.7 Å². The summed E-state index contributed by atoms with van der Waals surface area (Å²) >= 11 is 0. The summed E-state index contributed by atoms with van der Waals surface area (Å²) in [4.78, 5) is 22.1. The van der Waals surface area contributed by atoms with Crippen molar-refractivity contribution in [3.63, 3.8) is 0 Å². The molecule has 3 atom stereocenters. The molecule has 1 aliphatic carbocycles. The molecule has 2 N–H and O–H groups in total. The highest BCUT2D eigenvalue weighted by Gasteiger charge is 2.23. The average Bonchev–Trinajstić information content (AvgIpc) is 2.59. The predicted octanol–water partition coefficient (Wildman–Crippen LogP) is 2.04. The second kappa shape index (κ2) is 6.62. The van der Waals surface area contributed by atoms with Gasteiger partial charge in [-0.05, 0) is 24.2 Å². The van der Waals surface area contributed by atoms with Crippen molar-refractivity contribution in [2.45, 2.75) is 46.0 Å². The second-order valence-electron chi connectivity index (χ2n) is 5.38. The lowest BCUT2D eigenvalue weighted by molar-refractivity contribution is -0.138. The molecule has 98 valence electrons. The van der Waals surface area contributed by atoms with Crippen molar-refractivity contribution in [2.24, 2.45) is 17.8 Å². The van der Waals surface area contributed by atoms with E-state index in [1.165, 1.54) is 19.3 Å². The third-order valence-corrected chi connectivity index (χ3v) is 3.66. The van der Waals surface area contributed by atoms with E-state index in [-0.39, 0.29) is 18.2 Å². The van der Waals surface area contributed by atoms with Crippen molar-refractivity contribution in [1.29, 1.82) is 0 Å². The van der Waals surface area contributed by atoms with Crippen molar-refractivity contribution in [3.8, 4) is 0 Å². The lowest BCUT2D eigenvalue weighted by Gasteiger charge is -2.16. The molecule has 0 spiro atoms. The van der Waals surface area contributed by atoms with Gasteiger partial charge in [0.15, 0.2) is 0 Å². The lowest BCUT2D eigenvalue weighted by atomic mass is 9.98. The number of carbonyl (C=O) groups is 2. The van der Waals surface area contributed by atoms with Gasteiger partial charge >= 0.3 is 5.97 Å². The van der Waals surface area contributed by atoms with Crippen molar-refractivity contribution in [1.82, 2.24) is 5.32 Å². The van der Waals surface area contributed by atoms with Crippen molar-refractivity contribution in [2.75, 3.05) is 6.54 Å². The zero-order valence-corrected chi connectivity index (χ0v) is 10.7. The van der Waals surface area contributed by atoms with Crippen LogP contribution in [0.4, 0.5) is 0 Å². The Morgan fingerprint density at radius 3 is 2.59 bits per heavy atom. The van der Waals surface area contributed by atoms with E-state index < -0.39 is 5.97 Å². The van der Waals surface area contributed by atoms with Gasteiger partial charge in [-0.3, -0.25) is 9.59 Å². The first-order chi connectivity index (χ1) is 7.99. The van der Waals surface area contributed by atoms with Gasteiger partial charge in [-0.25, -0.2) is 0 Å². The number of carbonyl (C=O) groups excluding carboxylic acids is 1. The Bertz CT molecular complexity index is 278. The van der Waals surface area contributed by atoms with Crippen LogP contribution in [-0.2, 0) is 9.59 Å².